The van der Waals surface area contributed by atoms with Gasteiger partial charge in [-0.2, -0.15) is 13.2 Å². The molecule has 2 rings (SSSR count). The highest BCUT2D eigenvalue weighted by atomic mass is 19.4. The van der Waals surface area contributed by atoms with E-state index in [4.69, 9.17) is 4.74 Å². The average Bonchev–Trinajstić information content (AvgIpc) is 3.01. The van der Waals surface area contributed by atoms with E-state index < -0.39 is 29.4 Å². The van der Waals surface area contributed by atoms with Gasteiger partial charge >= 0.3 is 12.1 Å². The van der Waals surface area contributed by atoms with E-state index in [1.165, 1.54) is 19.2 Å². The van der Waals surface area contributed by atoms with Crippen molar-refractivity contribution < 1.29 is 27.4 Å². The van der Waals surface area contributed by atoms with E-state index in [0.29, 0.717) is 5.56 Å². The summed E-state index contributed by atoms with van der Waals surface area (Å²) in [5.74, 6) is -0.588. The topological polar surface area (TPSA) is 38.8 Å². The SMILES string of the molecule is COC(=O)C1OC1(C)c1cccc(C(F)(F)F)c1. The van der Waals surface area contributed by atoms with Crippen LogP contribution in [0.3, 0.4) is 0 Å². The molecule has 0 spiro atoms. The van der Waals surface area contributed by atoms with Gasteiger partial charge in [0.2, 0.25) is 0 Å². The lowest BCUT2D eigenvalue weighted by atomic mass is 9.95. The molecule has 1 aliphatic heterocycles. The van der Waals surface area contributed by atoms with E-state index in [9.17, 15) is 18.0 Å². The monoisotopic (exact) mass is 260 g/mol. The smallest absolute Gasteiger partial charge is 0.416 e. The molecule has 0 bridgehead atoms. The number of hydrogen-bond acceptors (Lipinski definition) is 3. The summed E-state index contributed by atoms with van der Waals surface area (Å²) >= 11 is 0. The van der Waals surface area contributed by atoms with Crippen molar-refractivity contribution in [3.63, 3.8) is 0 Å². The van der Waals surface area contributed by atoms with Gasteiger partial charge in [0.1, 0.15) is 5.60 Å². The van der Waals surface area contributed by atoms with Gasteiger partial charge in [-0.3, -0.25) is 0 Å². The highest BCUT2D eigenvalue weighted by Gasteiger charge is 2.59. The number of epoxide rings is 1. The molecule has 1 aromatic carbocycles. The third kappa shape index (κ3) is 2.08. The number of carbonyl (C=O) groups excluding carboxylic acids is 1. The average molecular weight is 260 g/mol. The number of esters is 1. The molecule has 0 N–H and O–H groups in total. The van der Waals surface area contributed by atoms with E-state index in [-0.39, 0.29) is 0 Å². The van der Waals surface area contributed by atoms with Crippen molar-refractivity contribution in [1.29, 1.82) is 0 Å². The summed E-state index contributed by atoms with van der Waals surface area (Å²) in [5, 5.41) is 0. The predicted octanol–water partition coefficient (Wildman–Crippen LogP) is 2.49. The highest BCUT2D eigenvalue weighted by Crippen LogP contribution is 2.47. The molecule has 18 heavy (non-hydrogen) atoms. The molecule has 98 valence electrons. The first-order chi connectivity index (χ1) is 8.29. The fraction of sp³-hybridized carbons (Fsp3) is 0.417. The number of carbonyl (C=O) groups is 1. The summed E-state index contributed by atoms with van der Waals surface area (Å²) < 4.78 is 47.4. The normalized spacial score (nSPS) is 26.8. The minimum absolute atomic E-state index is 0.313. The fourth-order valence-corrected chi connectivity index (χ4v) is 1.81. The Morgan fingerprint density at radius 1 is 1.44 bits per heavy atom. The third-order valence-corrected chi connectivity index (χ3v) is 2.98. The molecule has 3 nitrogen and oxygen atoms in total. The number of benzene rings is 1. The van der Waals surface area contributed by atoms with Crippen LogP contribution in [-0.4, -0.2) is 19.2 Å². The fourth-order valence-electron chi connectivity index (χ4n) is 1.81. The first-order valence-corrected chi connectivity index (χ1v) is 5.22. The quantitative estimate of drug-likeness (QED) is 0.605. The van der Waals surface area contributed by atoms with Crippen molar-refractivity contribution >= 4 is 5.97 Å². The van der Waals surface area contributed by atoms with E-state index in [0.717, 1.165) is 12.1 Å². The molecule has 6 heteroatoms. The summed E-state index contributed by atoms with van der Waals surface area (Å²) in [5.41, 5.74) is -1.48. The van der Waals surface area contributed by atoms with E-state index in [2.05, 4.69) is 4.74 Å². The number of halogens is 3. The number of ether oxygens (including phenoxy) is 2. The van der Waals surface area contributed by atoms with Gasteiger partial charge in [-0.1, -0.05) is 12.1 Å². The molecule has 0 saturated carbocycles. The van der Waals surface area contributed by atoms with Gasteiger partial charge < -0.3 is 9.47 Å². The molecule has 2 unspecified atom stereocenters. The van der Waals surface area contributed by atoms with Crippen LogP contribution < -0.4 is 0 Å². The van der Waals surface area contributed by atoms with Crippen LogP contribution in [0.15, 0.2) is 24.3 Å². The zero-order valence-electron chi connectivity index (χ0n) is 9.75. The molecule has 0 aliphatic carbocycles. The van der Waals surface area contributed by atoms with Crippen LogP contribution in [0.4, 0.5) is 13.2 Å². The third-order valence-electron chi connectivity index (χ3n) is 2.98. The lowest BCUT2D eigenvalue weighted by molar-refractivity contribution is -0.142. The molecule has 0 amide bonds. The molecule has 1 aliphatic rings. The first-order valence-electron chi connectivity index (χ1n) is 5.22. The first kappa shape index (κ1) is 12.9. The molecule has 1 fully saturated rings. The molecule has 1 heterocycles. The Morgan fingerprint density at radius 3 is 2.67 bits per heavy atom. The Hall–Kier alpha value is -1.56. The Kier molecular flexibility index (Phi) is 2.85. The van der Waals surface area contributed by atoms with Crippen molar-refractivity contribution in [2.75, 3.05) is 7.11 Å². The van der Waals surface area contributed by atoms with Crippen LogP contribution in [0.1, 0.15) is 18.1 Å². The molecular formula is C12H11F3O3. The lowest BCUT2D eigenvalue weighted by Crippen LogP contribution is -2.18. The zero-order chi connectivity index (χ0) is 13.6. The molecular weight excluding hydrogens is 249 g/mol. The van der Waals surface area contributed by atoms with Crippen molar-refractivity contribution in [1.82, 2.24) is 0 Å². The van der Waals surface area contributed by atoms with Gasteiger partial charge in [0.25, 0.3) is 0 Å². The number of hydrogen-bond donors (Lipinski definition) is 0. The highest BCUT2D eigenvalue weighted by molar-refractivity contribution is 5.79. The van der Waals surface area contributed by atoms with Crippen LogP contribution in [0.25, 0.3) is 0 Å². The standard InChI is InChI=1S/C12H11F3O3/c1-11(9(18-11)10(16)17-2)7-4-3-5-8(6-7)12(13,14)15/h3-6,9H,1-2H3. The lowest BCUT2D eigenvalue weighted by Gasteiger charge is -2.11. The second-order valence-corrected chi connectivity index (χ2v) is 4.21. The van der Waals surface area contributed by atoms with E-state index >= 15 is 0 Å². The van der Waals surface area contributed by atoms with Gasteiger partial charge in [-0.15, -0.1) is 0 Å². The molecule has 2 atom stereocenters. The van der Waals surface area contributed by atoms with E-state index in [1.54, 1.807) is 6.92 Å². The largest absolute Gasteiger partial charge is 0.467 e. The maximum atomic E-state index is 12.6. The van der Waals surface area contributed by atoms with Crippen molar-refractivity contribution in [3.8, 4) is 0 Å². The summed E-state index contributed by atoms with van der Waals surface area (Å²) in [6, 6.07) is 4.75. The van der Waals surface area contributed by atoms with Crippen molar-refractivity contribution in [2.45, 2.75) is 24.8 Å². The molecule has 1 saturated heterocycles. The second-order valence-electron chi connectivity index (χ2n) is 4.21. The van der Waals surface area contributed by atoms with Gasteiger partial charge in [-0.05, 0) is 24.6 Å². The molecule has 0 radical (unpaired) electrons. The summed E-state index contributed by atoms with van der Waals surface area (Å²) in [4.78, 5) is 11.3. The van der Waals surface area contributed by atoms with Crippen LogP contribution in [0.2, 0.25) is 0 Å². The Balaban J connectivity index is 2.29. The summed E-state index contributed by atoms with van der Waals surface area (Å²) in [6.45, 7) is 1.56. The van der Waals surface area contributed by atoms with Gasteiger partial charge in [-0.25, -0.2) is 4.79 Å². The number of methoxy groups -OCH3 is 1. The van der Waals surface area contributed by atoms with Gasteiger partial charge in [0, 0.05) is 0 Å². The minimum Gasteiger partial charge on any atom is -0.467 e. The molecule has 0 aromatic heterocycles. The molecule has 1 aromatic rings. The number of rotatable bonds is 2. The van der Waals surface area contributed by atoms with E-state index in [1.807, 2.05) is 0 Å². The Bertz CT molecular complexity index is 484. The van der Waals surface area contributed by atoms with Gasteiger partial charge in [0.05, 0.1) is 12.7 Å². The van der Waals surface area contributed by atoms with Crippen LogP contribution in [0, 0.1) is 0 Å². The Morgan fingerprint density at radius 2 is 2.11 bits per heavy atom. The van der Waals surface area contributed by atoms with Gasteiger partial charge in [0.15, 0.2) is 6.10 Å². The zero-order valence-corrected chi connectivity index (χ0v) is 9.75. The van der Waals surface area contributed by atoms with Crippen LogP contribution >= 0.6 is 0 Å². The predicted molar refractivity (Wildman–Crippen MR) is 55.7 cm³/mol. The van der Waals surface area contributed by atoms with Crippen molar-refractivity contribution in [2.24, 2.45) is 0 Å². The van der Waals surface area contributed by atoms with Crippen LogP contribution in [0.5, 0.6) is 0 Å². The minimum atomic E-state index is -4.41. The van der Waals surface area contributed by atoms with Crippen molar-refractivity contribution in [3.05, 3.63) is 35.4 Å². The maximum Gasteiger partial charge on any atom is 0.416 e. The Labute approximate surface area is 102 Å². The van der Waals surface area contributed by atoms with Crippen LogP contribution in [-0.2, 0) is 26.0 Å². The number of alkyl halides is 3. The maximum absolute atomic E-state index is 12.6. The summed E-state index contributed by atoms with van der Waals surface area (Å²) in [7, 11) is 1.20. The second kappa shape index (κ2) is 3.98. The summed E-state index contributed by atoms with van der Waals surface area (Å²) in [6.07, 6.45) is -5.26.